The second-order valence-electron chi connectivity index (χ2n) is 3.30. The topological polar surface area (TPSA) is 18.5 Å². The van der Waals surface area contributed by atoms with Gasteiger partial charge in [-0.05, 0) is 32.4 Å². The first-order chi connectivity index (χ1) is 7.60. The summed E-state index contributed by atoms with van der Waals surface area (Å²) in [6.07, 6.45) is 0. The number of hydrogen-bond acceptors (Lipinski definition) is 2. The molecule has 0 saturated heterocycles. The summed E-state index contributed by atoms with van der Waals surface area (Å²) in [7, 11) is 0. The maximum Gasteiger partial charge on any atom is 0.162 e. The third-order valence-electron chi connectivity index (χ3n) is 2.09. The Bertz CT molecular complexity index is 353. The smallest absolute Gasteiger partial charge is 0.162 e. The van der Waals surface area contributed by atoms with E-state index >= 15 is 0 Å². The molecule has 0 spiro atoms. The highest BCUT2D eigenvalue weighted by atomic mass is 79.9. The fraction of sp³-hybridized carbons (Fsp3) is 0.500. The summed E-state index contributed by atoms with van der Waals surface area (Å²) in [5.74, 6) is 1.45. The molecule has 0 aliphatic rings. The number of halogens is 2. The number of benzene rings is 1. The van der Waals surface area contributed by atoms with E-state index in [0.29, 0.717) is 24.0 Å². The second kappa shape index (κ2) is 6.36. The minimum atomic E-state index is 0.190. The third-order valence-corrected chi connectivity index (χ3v) is 2.91. The standard InChI is InChI=1S/C12H16BrClO2/c1-4-15-11-6-9(8(3)13)10(14)7-12(11)16-5-2/h6-8H,4-5H2,1-3H3. The summed E-state index contributed by atoms with van der Waals surface area (Å²) < 4.78 is 11.0. The van der Waals surface area contributed by atoms with Gasteiger partial charge in [0.25, 0.3) is 0 Å². The van der Waals surface area contributed by atoms with Crippen LogP contribution in [-0.2, 0) is 0 Å². The van der Waals surface area contributed by atoms with Gasteiger partial charge in [-0.1, -0.05) is 27.5 Å². The summed E-state index contributed by atoms with van der Waals surface area (Å²) in [5, 5.41) is 0.691. The first-order valence-corrected chi connectivity index (χ1v) is 6.62. The molecule has 1 atom stereocenters. The predicted octanol–water partition coefficient (Wildman–Crippen LogP) is 4.59. The van der Waals surface area contributed by atoms with E-state index in [0.717, 1.165) is 11.3 Å². The predicted molar refractivity (Wildman–Crippen MR) is 71.1 cm³/mol. The molecule has 1 aromatic carbocycles. The molecule has 1 unspecified atom stereocenters. The lowest BCUT2D eigenvalue weighted by atomic mass is 10.1. The van der Waals surface area contributed by atoms with E-state index in [4.69, 9.17) is 21.1 Å². The van der Waals surface area contributed by atoms with E-state index in [2.05, 4.69) is 15.9 Å². The Morgan fingerprint density at radius 3 is 2.12 bits per heavy atom. The molecule has 16 heavy (non-hydrogen) atoms. The SMILES string of the molecule is CCOc1cc(Cl)c(C(C)Br)cc1OCC. The van der Waals surface area contributed by atoms with Crippen molar-refractivity contribution in [3.63, 3.8) is 0 Å². The van der Waals surface area contributed by atoms with Gasteiger partial charge in [-0.2, -0.15) is 0 Å². The van der Waals surface area contributed by atoms with E-state index < -0.39 is 0 Å². The van der Waals surface area contributed by atoms with E-state index in [1.54, 1.807) is 0 Å². The molecule has 0 fully saturated rings. The highest BCUT2D eigenvalue weighted by Gasteiger charge is 2.13. The summed E-state index contributed by atoms with van der Waals surface area (Å²) in [6.45, 7) is 7.11. The normalized spacial score (nSPS) is 12.3. The molecule has 1 aromatic rings. The molecule has 0 aliphatic carbocycles. The first kappa shape index (κ1) is 13.7. The fourth-order valence-electron chi connectivity index (χ4n) is 1.39. The fourth-order valence-corrected chi connectivity index (χ4v) is 2.22. The van der Waals surface area contributed by atoms with Gasteiger partial charge in [0.2, 0.25) is 0 Å². The number of hydrogen-bond donors (Lipinski definition) is 0. The Morgan fingerprint density at radius 1 is 1.19 bits per heavy atom. The van der Waals surface area contributed by atoms with Crippen molar-refractivity contribution in [2.24, 2.45) is 0 Å². The van der Waals surface area contributed by atoms with Gasteiger partial charge in [-0.15, -0.1) is 0 Å². The summed E-state index contributed by atoms with van der Waals surface area (Å²) in [5.41, 5.74) is 1.01. The van der Waals surface area contributed by atoms with Gasteiger partial charge in [-0.3, -0.25) is 0 Å². The van der Waals surface area contributed by atoms with E-state index in [1.165, 1.54) is 0 Å². The molecule has 0 N–H and O–H groups in total. The average molecular weight is 308 g/mol. The Hall–Kier alpha value is -0.410. The van der Waals surface area contributed by atoms with Crippen LogP contribution in [0.4, 0.5) is 0 Å². The Morgan fingerprint density at radius 2 is 1.69 bits per heavy atom. The van der Waals surface area contributed by atoms with Crippen LogP contribution in [0.1, 0.15) is 31.2 Å². The average Bonchev–Trinajstić information content (AvgIpc) is 2.22. The maximum absolute atomic E-state index is 6.17. The van der Waals surface area contributed by atoms with Crippen LogP contribution in [0.2, 0.25) is 5.02 Å². The molecule has 0 heterocycles. The van der Waals surface area contributed by atoms with Gasteiger partial charge in [0.15, 0.2) is 11.5 Å². The van der Waals surface area contributed by atoms with Crippen LogP contribution in [0.15, 0.2) is 12.1 Å². The van der Waals surface area contributed by atoms with E-state index in [1.807, 2.05) is 32.9 Å². The van der Waals surface area contributed by atoms with Gasteiger partial charge in [0.05, 0.1) is 13.2 Å². The zero-order chi connectivity index (χ0) is 12.1. The van der Waals surface area contributed by atoms with Gasteiger partial charge in [0.1, 0.15) is 0 Å². The zero-order valence-electron chi connectivity index (χ0n) is 9.72. The van der Waals surface area contributed by atoms with Crippen LogP contribution in [-0.4, -0.2) is 13.2 Å². The highest BCUT2D eigenvalue weighted by Crippen LogP contribution is 2.38. The number of rotatable bonds is 5. The number of alkyl halides is 1. The van der Waals surface area contributed by atoms with Crippen molar-refractivity contribution in [1.29, 1.82) is 0 Å². The first-order valence-electron chi connectivity index (χ1n) is 5.33. The van der Waals surface area contributed by atoms with Gasteiger partial charge in [0, 0.05) is 15.9 Å². The minimum Gasteiger partial charge on any atom is -0.490 e. The van der Waals surface area contributed by atoms with Crippen molar-refractivity contribution in [1.82, 2.24) is 0 Å². The molecule has 90 valence electrons. The number of ether oxygens (including phenoxy) is 2. The van der Waals surface area contributed by atoms with Crippen LogP contribution < -0.4 is 9.47 Å². The lowest BCUT2D eigenvalue weighted by Crippen LogP contribution is -2.00. The van der Waals surface area contributed by atoms with Gasteiger partial charge in [-0.25, -0.2) is 0 Å². The summed E-state index contributed by atoms with van der Waals surface area (Å²) >= 11 is 9.67. The van der Waals surface area contributed by atoms with Crippen LogP contribution >= 0.6 is 27.5 Å². The highest BCUT2D eigenvalue weighted by molar-refractivity contribution is 9.09. The van der Waals surface area contributed by atoms with Gasteiger partial charge >= 0.3 is 0 Å². The molecule has 4 heteroatoms. The Kier molecular flexibility index (Phi) is 5.42. The lowest BCUT2D eigenvalue weighted by Gasteiger charge is -2.15. The molecular weight excluding hydrogens is 291 g/mol. The van der Waals surface area contributed by atoms with Crippen molar-refractivity contribution < 1.29 is 9.47 Å². The molecule has 0 bridgehead atoms. The van der Waals surface area contributed by atoms with Crippen molar-refractivity contribution in [2.45, 2.75) is 25.6 Å². The van der Waals surface area contributed by atoms with Crippen molar-refractivity contribution >= 4 is 27.5 Å². The minimum absolute atomic E-state index is 0.190. The molecule has 0 aliphatic heterocycles. The lowest BCUT2D eigenvalue weighted by molar-refractivity contribution is 0.287. The zero-order valence-corrected chi connectivity index (χ0v) is 12.1. The van der Waals surface area contributed by atoms with Crippen molar-refractivity contribution in [3.05, 3.63) is 22.7 Å². The summed E-state index contributed by atoms with van der Waals surface area (Å²) in [6, 6.07) is 3.74. The quantitative estimate of drug-likeness (QED) is 0.741. The third kappa shape index (κ3) is 3.29. The molecule has 0 amide bonds. The molecule has 0 aromatic heterocycles. The van der Waals surface area contributed by atoms with Crippen molar-refractivity contribution in [3.8, 4) is 11.5 Å². The van der Waals surface area contributed by atoms with Crippen LogP contribution in [0, 0.1) is 0 Å². The van der Waals surface area contributed by atoms with Crippen LogP contribution in [0.5, 0.6) is 11.5 Å². The molecule has 0 radical (unpaired) electrons. The van der Waals surface area contributed by atoms with Gasteiger partial charge < -0.3 is 9.47 Å². The van der Waals surface area contributed by atoms with Crippen molar-refractivity contribution in [2.75, 3.05) is 13.2 Å². The van der Waals surface area contributed by atoms with Crippen LogP contribution in [0.3, 0.4) is 0 Å². The molecule has 0 saturated carbocycles. The second-order valence-corrected chi connectivity index (χ2v) is 5.08. The van der Waals surface area contributed by atoms with E-state index in [9.17, 15) is 0 Å². The Labute approximate surface area is 110 Å². The Balaban J connectivity index is 3.14. The molecule has 1 rings (SSSR count). The van der Waals surface area contributed by atoms with E-state index in [-0.39, 0.29) is 4.83 Å². The maximum atomic E-state index is 6.17. The molecular formula is C12H16BrClO2. The summed E-state index contributed by atoms with van der Waals surface area (Å²) in [4.78, 5) is 0.190. The largest absolute Gasteiger partial charge is 0.490 e. The monoisotopic (exact) mass is 306 g/mol. The molecule has 2 nitrogen and oxygen atoms in total. The van der Waals surface area contributed by atoms with Crippen LogP contribution in [0.25, 0.3) is 0 Å².